The number of aromatic nitrogens is 1. The van der Waals surface area contributed by atoms with Gasteiger partial charge in [0.15, 0.2) is 0 Å². The molecule has 0 spiro atoms. The lowest BCUT2D eigenvalue weighted by Gasteiger charge is -2.26. The van der Waals surface area contributed by atoms with Crippen LogP contribution in [0.15, 0.2) is 41.1 Å². The van der Waals surface area contributed by atoms with Crippen LogP contribution in [0, 0.1) is 6.92 Å². The van der Waals surface area contributed by atoms with E-state index >= 15 is 0 Å². The molecule has 1 aliphatic rings. The summed E-state index contributed by atoms with van der Waals surface area (Å²) in [6.07, 6.45) is 5.44. The molecule has 2 aromatic heterocycles. The van der Waals surface area contributed by atoms with Crippen LogP contribution in [0.2, 0.25) is 0 Å². The lowest BCUT2D eigenvalue weighted by Crippen LogP contribution is -2.37. The van der Waals surface area contributed by atoms with Crippen molar-refractivity contribution in [1.82, 2.24) is 9.88 Å². The normalized spacial score (nSPS) is 19.0. The third kappa shape index (κ3) is 3.79. The second-order valence-corrected chi connectivity index (χ2v) is 6.13. The number of amides is 1. The molecule has 1 aliphatic heterocycles. The molecule has 3 rings (SSSR count). The van der Waals surface area contributed by atoms with E-state index < -0.39 is 6.10 Å². The molecule has 3 heterocycles. The minimum atomic E-state index is -0.663. The Bertz CT molecular complexity index is 637. The molecule has 0 aliphatic carbocycles. The second-order valence-electron chi connectivity index (χ2n) is 6.13. The van der Waals surface area contributed by atoms with Crippen LogP contribution in [0.5, 0.6) is 0 Å². The number of likely N-dealkylation sites (tertiary alicyclic amines) is 1. The molecule has 2 atom stereocenters. The summed E-state index contributed by atoms with van der Waals surface area (Å²) in [6, 6.07) is 7.47. The first kappa shape index (κ1) is 15.7. The van der Waals surface area contributed by atoms with Crippen LogP contribution in [0.25, 0.3) is 0 Å². The Morgan fingerprint density at radius 3 is 3.04 bits per heavy atom. The highest BCUT2D eigenvalue weighted by molar-refractivity contribution is 5.79. The van der Waals surface area contributed by atoms with Crippen molar-refractivity contribution >= 4 is 5.91 Å². The molecule has 0 bridgehead atoms. The number of furan rings is 1. The van der Waals surface area contributed by atoms with Gasteiger partial charge in [-0.05, 0) is 43.5 Å². The van der Waals surface area contributed by atoms with Crippen LogP contribution in [0.4, 0.5) is 0 Å². The van der Waals surface area contributed by atoms with E-state index in [0.717, 1.165) is 30.6 Å². The van der Waals surface area contributed by atoms with Crippen molar-refractivity contribution in [3.63, 3.8) is 0 Å². The van der Waals surface area contributed by atoms with Crippen LogP contribution < -0.4 is 0 Å². The lowest BCUT2D eigenvalue weighted by molar-refractivity contribution is -0.131. The van der Waals surface area contributed by atoms with Gasteiger partial charge in [-0.2, -0.15) is 0 Å². The fourth-order valence-corrected chi connectivity index (χ4v) is 3.14. The van der Waals surface area contributed by atoms with E-state index in [1.54, 1.807) is 24.6 Å². The minimum absolute atomic E-state index is 0.0704. The number of nitrogens with zero attached hydrogens (tertiary/aromatic N) is 2. The van der Waals surface area contributed by atoms with Gasteiger partial charge in [0.25, 0.3) is 0 Å². The van der Waals surface area contributed by atoms with Crippen LogP contribution >= 0.6 is 0 Å². The van der Waals surface area contributed by atoms with E-state index in [1.807, 2.05) is 24.0 Å². The van der Waals surface area contributed by atoms with Crippen molar-refractivity contribution in [1.29, 1.82) is 0 Å². The Kier molecular flexibility index (Phi) is 4.76. The highest BCUT2D eigenvalue weighted by atomic mass is 16.4. The fraction of sp³-hybridized carbons (Fsp3) is 0.444. The molecule has 23 heavy (non-hydrogen) atoms. The number of pyridine rings is 1. The molecule has 1 fully saturated rings. The van der Waals surface area contributed by atoms with E-state index in [2.05, 4.69) is 4.98 Å². The Labute approximate surface area is 135 Å². The van der Waals surface area contributed by atoms with Crippen LogP contribution in [0.1, 0.15) is 42.4 Å². The summed E-state index contributed by atoms with van der Waals surface area (Å²) in [7, 11) is 0. The molecule has 2 unspecified atom stereocenters. The SMILES string of the molecule is Cc1ccc(CC(=O)N2CCCC2CC(O)c2ccco2)cn1. The number of carbonyl (C=O) groups excluding carboxylic acids is 1. The first-order valence-corrected chi connectivity index (χ1v) is 8.06. The Hall–Kier alpha value is -2.14. The van der Waals surface area contributed by atoms with Crippen molar-refractivity contribution in [2.45, 2.75) is 44.8 Å². The Morgan fingerprint density at radius 1 is 1.48 bits per heavy atom. The van der Waals surface area contributed by atoms with Gasteiger partial charge in [-0.15, -0.1) is 0 Å². The van der Waals surface area contributed by atoms with Gasteiger partial charge in [-0.3, -0.25) is 9.78 Å². The maximum absolute atomic E-state index is 12.6. The summed E-state index contributed by atoms with van der Waals surface area (Å²) in [5.74, 6) is 0.664. The van der Waals surface area contributed by atoms with E-state index in [4.69, 9.17) is 4.42 Å². The van der Waals surface area contributed by atoms with Crippen molar-refractivity contribution in [2.75, 3.05) is 6.54 Å². The third-order valence-electron chi connectivity index (χ3n) is 4.39. The lowest BCUT2D eigenvalue weighted by atomic mass is 10.0. The molecule has 0 radical (unpaired) electrons. The molecule has 5 nitrogen and oxygen atoms in total. The molecule has 2 aromatic rings. The molecule has 0 saturated carbocycles. The van der Waals surface area contributed by atoms with Gasteiger partial charge < -0.3 is 14.4 Å². The van der Waals surface area contributed by atoms with Crippen LogP contribution in [0.3, 0.4) is 0 Å². The minimum Gasteiger partial charge on any atom is -0.467 e. The number of hydrogen-bond donors (Lipinski definition) is 1. The zero-order valence-electron chi connectivity index (χ0n) is 13.3. The molecule has 0 aromatic carbocycles. The van der Waals surface area contributed by atoms with E-state index in [9.17, 15) is 9.90 Å². The van der Waals surface area contributed by atoms with E-state index in [1.165, 1.54) is 0 Å². The van der Waals surface area contributed by atoms with Gasteiger partial charge in [-0.25, -0.2) is 0 Å². The number of hydrogen-bond acceptors (Lipinski definition) is 4. The highest BCUT2D eigenvalue weighted by Crippen LogP contribution is 2.28. The predicted molar refractivity (Wildman–Crippen MR) is 85.7 cm³/mol. The molecule has 122 valence electrons. The molecular weight excluding hydrogens is 292 g/mol. The van der Waals surface area contributed by atoms with Crippen LogP contribution in [-0.4, -0.2) is 33.5 Å². The van der Waals surface area contributed by atoms with Gasteiger partial charge in [-0.1, -0.05) is 6.07 Å². The number of aliphatic hydroxyl groups excluding tert-OH is 1. The monoisotopic (exact) mass is 314 g/mol. The highest BCUT2D eigenvalue weighted by Gasteiger charge is 2.31. The number of rotatable bonds is 5. The molecule has 5 heteroatoms. The van der Waals surface area contributed by atoms with E-state index in [-0.39, 0.29) is 11.9 Å². The predicted octanol–water partition coefficient (Wildman–Crippen LogP) is 2.64. The quantitative estimate of drug-likeness (QED) is 0.921. The van der Waals surface area contributed by atoms with Crippen molar-refractivity contribution < 1.29 is 14.3 Å². The maximum Gasteiger partial charge on any atom is 0.227 e. The average molecular weight is 314 g/mol. The molecule has 1 N–H and O–H groups in total. The third-order valence-corrected chi connectivity index (χ3v) is 4.39. The van der Waals surface area contributed by atoms with Crippen molar-refractivity contribution in [3.8, 4) is 0 Å². The summed E-state index contributed by atoms with van der Waals surface area (Å²) in [5, 5.41) is 10.2. The first-order chi connectivity index (χ1) is 11.1. The van der Waals surface area contributed by atoms with Gasteiger partial charge in [0.1, 0.15) is 11.9 Å². The van der Waals surface area contributed by atoms with Gasteiger partial charge in [0.2, 0.25) is 5.91 Å². The standard InChI is InChI=1S/C18H22N2O3/c1-13-6-7-14(12-19-13)10-18(22)20-8-2-4-15(20)11-16(21)17-5-3-9-23-17/h3,5-7,9,12,15-16,21H,2,4,8,10-11H2,1H3. The van der Waals surface area contributed by atoms with Gasteiger partial charge in [0, 0.05) is 30.9 Å². The van der Waals surface area contributed by atoms with Crippen molar-refractivity contribution in [2.24, 2.45) is 0 Å². The zero-order valence-corrected chi connectivity index (χ0v) is 13.3. The molecular formula is C18H22N2O3. The number of carbonyl (C=O) groups is 1. The zero-order chi connectivity index (χ0) is 16.2. The van der Waals surface area contributed by atoms with Gasteiger partial charge in [0.05, 0.1) is 12.7 Å². The van der Waals surface area contributed by atoms with E-state index in [0.29, 0.717) is 18.6 Å². The smallest absolute Gasteiger partial charge is 0.227 e. The maximum atomic E-state index is 12.6. The average Bonchev–Trinajstić information content (AvgIpc) is 3.20. The first-order valence-electron chi connectivity index (χ1n) is 8.06. The Morgan fingerprint density at radius 2 is 2.35 bits per heavy atom. The van der Waals surface area contributed by atoms with Crippen molar-refractivity contribution in [3.05, 3.63) is 53.7 Å². The summed E-state index contributed by atoms with van der Waals surface area (Å²) in [6.45, 7) is 2.69. The van der Waals surface area contributed by atoms with Crippen LogP contribution in [-0.2, 0) is 11.2 Å². The Balaban J connectivity index is 1.61. The summed E-state index contributed by atoms with van der Waals surface area (Å²) >= 11 is 0. The molecule has 1 saturated heterocycles. The summed E-state index contributed by atoms with van der Waals surface area (Å²) < 4.78 is 5.25. The number of aliphatic hydroxyl groups is 1. The summed E-state index contributed by atoms with van der Waals surface area (Å²) in [4.78, 5) is 18.7. The summed E-state index contributed by atoms with van der Waals surface area (Å²) in [5.41, 5.74) is 1.87. The van der Waals surface area contributed by atoms with Gasteiger partial charge >= 0.3 is 0 Å². The molecule has 1 amide bonds. The second kappa shape index (κ2) is 6.96. The largest absolute Gasteiger partial charge is 0.467 e. The topological polar surface area (TPSA) is 66.6 Å². The fourth-order valence-electron chi connectivity index (χ4n) is 3.14. The number of aryl methyl sites for hydroxylation is 1.